The van der Waals surface area contributed by atoms with Crippen molar-refractivity contribution >= 4 is 23.7 Å². The number of rotatable bonds is 5. The topological polar surface area (TPSA) is 80.3 Å². The van der Waals surface area contributed by atoms with Crippen LogP contribution in [0.15, 0.2) is 48.3 Å². The second-order valence-electron chi connectivity index (χ2n) is 7.21. The van der Waals surface area contributed by atoms with Gasteiger partial charge in [0.1, 0.15) is 17.3 Å². The van der Waals surface area contributed by atoms with E-state index >= 15 is 0 Å². The molecular formula is C21H25N3O3. The number of carbonyl (C=O) groups excluding carboxylic acids is 2. The first kappa shape index (κ1) is 20.2. The molecule has 0 spiro atoms. The van der Waals surface area contributed by atoms with E-state index in [1.54, 1.807) is 70.5 Å². The molecular weight excluding hydrogens is 342 g/mol. The Labute approximate surface area is 159 Å². The van der Waals surface area contributed by atoms with E-state index in [1.807, 2.05) is 13.0 Å². The minimum atomic E-state index is -0.638. The Kier molecular flexibility index (Phi) is 6.34. The van der Waals surface area contributed by atoms with Gasteiger partial charge in [-0.15, -0.1) is 0 Å². The Balaban J connectivity index is 2.31. The van der Waals surface area contributed by atoms with Gasteiger partial charge in [-0.1, -0.05) is 32.9 Å². The van der Waals surface area contributed by atoms with Crippen LogP contribution in [-0.4, -0.2) is 23.9 Å². The number of amides is 2. The van der Waals surface area contributed by atoms with Crippen molar-refractivity contribution in [2.45, 2.75) is 27.7 Å². The fourth-order valence-corrected chi connectivity index (χ4v) is 2.12. The van der Waals surface area contributed by atoms with Crippen LogP contribution in [-0.2, 0) is 9.59 Å². The highest BCUT2D eigenvalue weighted by molar-refractivity contribution is 6.08. The highest BCUT2D eigenvalue weighted by atomic mass is 16.5. The van der Waals surface area contributed by atoms with Crippen molar-refractivity contribution in [3.05, 3.63) is 59.4 Å². The fraction of sp³-hybridized carbons (Fsp3) is 0.286. The summed E-state index contributed by atoms with van der Waals surface area (Å²) in [6.45, 7) is 7.26. The lowest BCUT2D eigenvalue weighted by Crippen LogP contribution is -2.38. The summed E-state index contributed by atoms with van der Waals surface area (Å²) in [5.74, 6) is 0.433. The van der Waals surface area contributed by atoms with Gasteiger partial charge >= 0.3 is 0 Å². The van der Waals surface area contributed by atoms with Crippen molar-refractivity contribution in [2.24, 2.45) is 5.41 Å². The molecule has 2 rings (SSSR count). The molecule has 0 bridgehead atoms. The number of hydrogen-bond donors (Lipinski definition) is 2. The quantitative estimate of drug-likeness (QED) is 0.792. The number of aromatic nitrogens is 1. The fourth-order valence-electron chi connectivity index (χ4n) is 2.12. The maximum absolute atomic E-state index is 12.8. The lowest BCUT2D eigenvalue weighted by molar-refractivity contribution is -0.128. The van der Waals surface area contributed by atoms with Crippen molar-refractivity contribution in [3.8, 4) is 5.75 Å². The molecule has 0 aliphatic heterocycles. The van der Waals surface area contributed by atoms with Gasteiger partial charge in [0.15, 0.2) is 0 Å². The third-order valence-electron chi connectivity index (χ3n) is 3.76. The largest absolute Gasteiger partial charge is 0.497 e. The SMILES string of the molecule is COc1ccc(/C=C(/NC(=O)C(C)(C)C)C(=O)Nc2cc(C)ccn2)cc1. The molecule has 0 unspecified atom stereocenters. The number of pyridine rings is 1. The van der Waals surface area contributed by atoms with Crippen LogP contribution in [0.5, 0.6) is 5.75 Å². The third kappa shape index (κ3) is 5.95. The molecule has 2 aromatic rings. The van der Waals surface area contributed by atoms with Crippen molar-refractivity contribution in [3.63, 3.8) is 0 Å². The van der Waals surface area contributed by atoms with Gasteiger partial charge < -0.3 is 15.4 Å². The zero-order chi connectivity index (χ0) is 20.0. The van der Waals surface area contributed by atoms with Crippen LogP contribution in [0.4, 0.5) is 5.82 Å². The average Bonchev–Trinajstić information content (AvgIpc) is 2.61. The monoisotopic (exact) mass is 367 g/mol. The standard InChI is InChI=1S/C21H25N3O3/c1-14-10-11-22-18(12-14)24-19(25)17(23-20(26)21(2,3)4)13-15-6-8-16(27-5)9-7-15/h6-13H,1-5H3,(H,23,26)(H,22,24,25)/b17-13+. The van der Waals surface area contributed by atoms with Gasteiger partial charge in [0.2, 0.25) is 5.91 Å². The second-order valence-corrected chi connectivity index (χ2v) is 7.21. The van der Waals surface area contributed by atoms with E-state index < -0.39 is 11.3 Å². The predicted octanol–water partition coefficient (Wildman–Crippen LogP) is 3.54. The van der Waals surface area contributed by atoms with Crippen LogP contribution in [0, 0.1) is 12.3 Å². The summed E-state index contributed by atoms with van der Waals surface area (Å²) in [5, 5.41) is 5.44. The number of aryl methyl sites for hydroxylation is 1. The summed E-state index contributed by atoms with van der Waals surface area (Å²) in [5.41, 5.74) is 1.23. The molecule has 0 saturated carbocycles. The molecule has 0 atom stereocenters. The van der Waals surface area contributed by atoms with Crippen LogP contribution < -0.4 is 15.4 Å². The number of benzene rings is 1. The molecule has 1 heterocycles. The van der Waals surface area contributed by atoms with Crippen molar-refractivity contribution in [1.29, 1.82) is 0 Å². The zero-order valence-electron chi connectivity index (χ0n) is 16.3. The van der Waals surface area contributed by atoms with Crippen LogP contribution in [0.25, 0.3) is 6.08 Å². The molecule has 1 aromatic carbocycles. The number of carbonyl (C=O) groups is 2. The van der Waals surface area contributed by atoms with Crippen molar-refractivity contribution in [1.82, 2.24) is 10.3 Å². The first-order valence-electron chi connectivity index (χ1n) is 8.60. The van der Waals surface area contributed by atoms with E-state index in [9.17, 15) is 9.59 Å². The second kappa shape index (κ2) is 8.49. The molecule has 0 aliphatic rings. The minimum Gasteiger partial charge on any atom is -0.497 e. The van der Waals surface area contributed by atoms with Crippen LogP contribution in [0.3, 0.4) is 0 Å². The lowest BCUT2D eigenvalue weighted by Gasteiger charge is -2.19. The van der Waals surface area contributed by atoms with E-state index in [2.05, 4.69) is 15.6 Å². The van der Waals surface area contributed by atoms with Gasteiger partial charge in [0.05, 0.1) is 7.11 Å². The van der Waals surface area contributed by atoms with Gasteiger partial charge in [0, 0.05) is 11.6 Å². The number of ether oxygens (including phenoxy) is 1. The van der Waals surface area contributed by atoms with Crippen LogP contribution >= 0.6 is 0 Å². The molecule has 0 radical (unpaired) electrons. The Morgan fingerprint density at radius 3 is 2.33 bits per heavy atom. The maximum atomic E-state index is 12.8. The Morgan fingerprint density at radius 1 is 1.11 bits per heavy atom. The van der Waals surface area contributed by atoms with Gasteiger partial charge in [-0.25, -0.2) is 4.98 Å². The van der Waals surface area contributed by atoms with Gasteiger partial charge in [0.25, 0.3) is 5.91 Å². The molecule has 0 fully saturated rings. The van der Waals surface area contributed by atoms with Crippen LogP contribution in [0.2, 0.25) is 0 Å². The summed E-state index contributed by atoms with van der Waals surface area (Å²) in [4.78, 5) is 29.3. The maximum Gasteiger partial charge on any atom is 0.273 e. The summed E-state index contributed by atoms with van der Waals surface area (Å²) in [6, 6.07) is 10.8. The van der Waals surface area contributed by atoms with E-state index in [-0.39, 0.29) is 11.6 Å². The van der Waals surface area contributed by atoms with Gasteiger partial charge in [-0.2, -0.15) is 0 Å². The van der Waals surface area contributed by atoms with Crippen LogP contribution in [0.1, 0.15) is 31.9 Å². The average molecular weight is 367 g/mol. The smallest absolute Gasteiger partial charge is 0.273 e. The van der Waals surface area contributed by atoms with E-state index in [1.165, 1.54) is 0 Å². The number of anilines is 1. The first-order valence-corrected chi connectivity index (χ1v) is 8.60. The highest BCUT2D eigenvalue weighted by Gasteiger charge is 2.24. The summed E-state index contributed by atoms with van der Waals surface area (Å²) < 4.78 is 5.14. The number of nitrogens with one attached hydrogen (secondary N) is 2. The molecule has 27 heavy (non-hydrogen) atoms. The number of hydrogen-bond acceptors (Lipinski definition) is 4. The van der Waals surface area contributed by atoms with Crippen molar-refractivity contribution in [2.75, 3.05) is 12.4 Å². The van der Waals surface area contributed by atoms with E-state index in [0.29, 0.717) is 11.6 Å². The normalized spacial score (nSPS) is 11.7. The molecule has 2 amide bonds. The molecule has 142 valence electrons. The van der Waals surface area contributed by atoms with Gasteiger partial charge in [-0.3, -0.25) is 9.59 Å². The Morgan fingerprint density at radius 2 is 1.78 bits per heavy atom. The molecule has 6 heteroatoms. The molecule has 0 aliphatic carbocycles. The third-order valence-corrected chi connectivity index (χ3v) is 3.76. The highest BCUT2D eigenvalue weighted by Crippen LogP contribution is 2.17. The number of methoxy groups -OCH3 is 1. The molecule has 2 N–H and O–H groups in total. The molecule has 6 nitrogen and oxygen atoms in total. The first-order chi connectivity index (χ1) is 12.7. The number of nitrogens with zero attached hydrogens (tertiary/aromatic N) is 1. The molecule has 0 saturated heterocycles. The Bertz CT molecular complexity index is 850. The summed E-state index contributed by atoms with van der Waals surface area (Å²) in [7, 11) is 1.59. The van der Waals surface area contributed by atoms with Crippen molar-refractivity contribution < 1.29 is 14.3 Å². The minimum absolute atomic E-state index is 0.142. The molecule has 1 aromatic heterocycles. The van der Waals surface area contributed by atoms with E-state index in [0.717, 1.165) is 11.1 Å². The summed E-state index contributed by atoms with van der Waals surface area (Å²) >= 11 is 0. The Hall–Kier alpha value is -3.15. The zero-order valence-corrected chi connectivity index (χ0v) is 16.3. The summed E-state index contributed by atoms with van der Waals surface area (Å²) in [6.07, 6.45) is 3.24. The van der Waals surface area contributed by atoms with E-state index in [4.69, 9.17) is 4.74 Å². The predicted molar refractivity (Wildman–Crippen MR) is 106 cm³/mol. The van der Waals surface area contributed by atoms with Gasteiger partial charge in [-0.05, 0) is 48.4 Å². The lowest BCUT2D eigenvalue weighted by atomic mass is 9.95.